The molecule has 0 radical (unpaired) electrons. The molecule has 1 aliphatic heterocycles. The highest BCUT2D eigenvalue weighted by atomic mass is 16.7. The van der Waals surface area contributed by atoms with Crippen molar-refractivity contribution in [2.45, 2.75) is 6.17 Å². The summed E-state index contributed by atoms with van der Waals surface area (Å²) < 4.78 is 0. The lowest BCUT2D eigenvalue weighted by molar-refractivity contribution is -0.522. The normalized spacial score (nSPS) is 25.2. The summed E-state index contributed by atoms with van der Waals surface area (Å²) in [6.45, 7) is 0. The van der Waals surface area contributed by atoms with Gasteiger partial charge in [0.25, 0.3) is 0 Å². The highest BCUT2D eigenvalue weighted by Gasteiger charge is 2.19. The Hall–Kier alpha value is -1.10. The second-order valence-electron chi connectivity index (χ2n) is 1.29. The first-order valence-electron chi connectivity index (χ1n) is 2.02. The Bertz CT molecular complexity index is 132. The van der Waals surface area contributed by atoms with Crippen molar-refractivity contribution in [2.24, 2.45) is 0 Å². The zero-order chi connectivity index (χ0) is 5.98. The molecule has 8 heavy (non-hydrogen) atoms. The minimum absolute atomic E-state index is 0.483. The minimum Gasteiger partial charge on any atom is -0.410 e. The average Bonchev–Trinajstić information content (AvgIpc) is 2.12. The molecule has 1 rings (SSSR count). The summed E-state index contributed by atoms with van der Waals surface area (Å²) in [5, 5.41) is 9.81. The molecule has 0 amide bonds. The molecule has 1 aliphatic rings. The van der Waals surface area contributed by atoms with Crippen LogP contribution in [0.25, 0.3) is 0 Å². The van der Waals surface area contributed by atoms with Gasteiger partial charge in [-0.3, -0.25) is 10.1 Å². The lowest BCUT2D eigenvalue weighted by Gasteiger charge is -1.95. The standard InChI is InChI=1S/C3H4N2O3/c6-5(7)3-1-2-8-4-3/h1-4H. The van der Waals surface area contributed by atoms with E-state index in [4.69, 9.17) is 0 Å². The smallest absolute Gasteiger partial charge is 0.317 e. The van der Waals surface area contributed by atoms with Gasteiger partial charge < -0.3 is 4.84 Å². The van der Waals surface area contributed by atoms with E-state index in [-0.39, 0.29) is 0 Å². The van der Waals surface area contributed by atoms with E-state index in [2.05, 4.69) is 10.3 Å². The molecule has 0 bridgehead atoms. The highest BCUT2D eigenvalue weighted by molar-refractivity contribution is 4.84. The summed E-state index contributed by atoms with van der Waals surface area (Å²) in [7, 11) is 0. The third-order valence-electron chi connectivity index (χ3n) is 0.745. The van der Waals surface area contributed by atoms with Gasteiger partial charge in [0.1, 0.15) is 6.26 Å². The fourth-order valence-electron chi connectivity index (χ4n) is 0.375. The summed E-state index contributed by atoms with van der Waals surface area (Å²) in [5.41, 5.74) is 2.15. The molecule has 44 valence electrons. The van der Waals surface area contributed by atoms with Crippen LogP contribution in [-0.4, -0.2) is 11.1 Å². The van der Waals surface area contributed by atoms with Crippen LogP contribution in [0.1, 0.15) is 0 Å². The number of hydrogen-bond acceptors (Lipinski definition) is 4. The second-order valence-corrected chi connectivity index (χ2v) is 1.29. The monoisotopic (exact) mass is 116 g/mol. The van der Waals surface area contributed by atoms with Gasteiger partial charge >= 0.3 is 6.17 Å². The summed E-state index contributed by atoms with van der Waals surface area (Å²) in [6.07, 6.45) is 1.70. The van der Waals surface area contributed by atoms with Gasteiger partial charge in [0.15, 0.2) is 0 Å². The van der Waals surface area contributed by atoms with E-state index in [1.807, 2.05) is 0 Å². The Kier molecular flexibility index (Phi) is 1.13. The molecule has 1 N–H and O–H groups in total. The van der Waals surface area contributed by atoms with Crippen molar-refractivity contribution < 1.29 is 9.76 Å². The number of hydroxylamine groups is 1. The molecular weight excluding hydrogens is 112 g/mol. The molecule has 1 unspecified atom stereocenters. The van der Waals surface area contributed by atoms with Crippen molar-refractivity contribution in [3.05, 3.63) is 22.5 Å². The zero-order valence-electron chi connectivity index (χ0n) is 3.90. The molecule has 0 fully saturated rings. The van der Waals surface area contributed by atoms with Crippen LogP contribution < -0.4 is 5.48 Å². The maximum atomic E-state index is 9.81. The topological polar surface area (TPSA) is 64.4 Å². The van der Waals surface area contributed by atoms with Gasteiger partial charge in [-0.2, -0.15) is 0 Å². The van der Waals surface area contributed by atoms with Crippen molar-refractivity contribution in [1.29, 1.82) is 0 Å². The first-order valence-corrected chi connectivity index (χ1v) is 2.02. The molecule has 0 aliphatic carbocycles. The number of rotatable bonds is 1. The zero-order valence-corrected chi connectivity index (χ0v) is 3.90. The number of nitrogens with one attached hydrogen (secondary N) is 1. The van der Waals surface area contributed by atoms with Gasteiger partial charge in [-0.1, -0.05) is 5.48 Å². The van der Waals surface area contributed by atoms with Crippen molar-refractivity contribution in [3.8, 4) is 0 Å². The van der Waals surface area contributed by atoms with Gasteiger partial charge in [0.05, 0.1) is 0 Å². The number of nitro groups is 1. The first-order chi connectivity index (χ1) is 3.80. The van der Waals surface area contributed by atoms with E-state index in [0.717, 1.165) is 0 Å². The Balaban J connectivity index is 2.48. The molecule has 1 heterocycles. The van der Waals surface area contributed by atoms with Crippen LogP contribution in [0.15, 0.2) is 12.3 Å². The highest BCUT2D eigenvalue weighted by Crippen LogP contribution is 1.94. The lowest BCUT2D eigenvalue weighted by atomic mass is 10.5. The van der Waals surface area contributed by atoms with Gasteiger partial charge in [0, 0.05) is 11.0 Å². The van der Waals surface area contributed by atoms with Crippen LogP contribution in [0, 0.1) is 10.1 Å². The molecule has 1 atom stereocenters. The van der Waals surface area contributed by atoms with E-state index in [1.54, 1.807) is 0 Å². The van der Waals surface area contributed by atoms with Crippen molar-refractivity contribution in [1.82, 2.24) is 5.48 Å². The second kappa shape index (κ2) is 1.79. The molecule has 0 saturated heterocycles. The maximum Gasteiger partial charge on any atom is 0.317 e. The van der Waals surface area contributed by atoms with Gasteiger partial charge in [-0.05, 0) is 0 Å². The van der Waals surface area contributed by atoms with E-state index in [9.17, 15) is 10.1 Å². The van der Waals surface area contributed by atoms with E-state index < -0.39 is 11.1 Å². The minimum atomic E-state index is -0.866. The molecule has 5 heteroatoms. The average molecular weight is 116 g/mol. The molecule has 0 spiro atoms. The molecule has 0 saturated carbocycles. The summed E-state index contributed by atoms with van der Waals surface area (Å²) >= 11 is 0. The van der Waals surface area contributed by atoms with Crippen LogP contribution in [-0.2, 0) is 4.84 Å². The van der Waals surface area contributed by atoms with Crippen molar-refractivity contribution in [2.75, 3.05) is 0 Å². The van der Waals surface area contributed by atoms with Gasteiger partial charge in [0.2, 0.25) is 0 Å². The summed E-state index contributed by atoms with van der Waals surface area (Å²) in [5.74, 6) is 0. The van der Waals surface area contributed by atoms with E-state index >= 15 is 0 Å². The fourth-order valence-corrected chi connectivity index (χ4v) is 0.375. The molecule has 0 aromatic rings. The fraction of sp³-hybridized carbons (Fsp3) is 0.333. The SMILES string of the molecule is O=[N+]([O-])C1C=CON1. The molecular formula is C3H4N2O3. The van der Waals surface area contributed by atoms with Crippen LogP contribution in [0.2, 0.25) is 0 Å². The van der Waals surface area contributed by atoms with Crippen molar-refractivity contribution in [3.63, 3.8) is 0 Å². The maximum absolute atomic E-state index is 9.81. The third-order valence-corrected chi connectivity index (χ3v) is 0.745. The largest absolute Gasteiger partial charge is 0.410 e. The molecule has 5 nitrogen and oxygen atoms in total. The van der Waals surface area contributed by atoms with Gasteiger partial charge in [-0.25, -0.2) is 0 Å². The molecule has 0 aromatic carbocycles. The van der Waals surface area contributed by atoms with Crippen molar-refractivity contribution >= 4 is 0 Å². The molecule has 0 aromatic heterocycles. The first kappa shape index (κ1) is 5.04. The third kappa shape index (κ3) is 0.760. The van der Waals surface area contributed by atoms with Crippen LogP contribution in [0.4, 0.5) is 0 Å². The predicted octanol–water partition coefficient (Wildman–Crippen LogP) is -0.362. The Morgan fingerprint density at radius 3 is 2.88 bits per heavy atom. The summed E-state index contributed by atoms with van der Waals surface area (Å²) in [4.78, 5) is 13.7. The summed E-state index contributed by atoms with van der Waals surface area (Å²) in [6, 6.07) is 0. The van der Waals surface area contributed by atoms with E-state index in [1.165, 1.54) is 12.3 Å². The van der Waals surface area contributed by atoms with E-state index in [0.29, 0.717) is 0 Å². The Morgan fingerprint density at radius 2 is 2.62 bits per heavy atom. The van der Waals surface area contributed by atoms with Crippen LogP contribution >= 0.6 is 0 Å². The van der Waals surface area contributed by atoms with Crippen LogP contribution in [0.5, 0.6) is 0 Å². The predicted molar refractivity (Wildman–Crippen MR) is 24.1 cm³/mol. The number of nitrogens with zero attached hydrogens (tertiary/aromatic N) is 1. The quantitative estimate of drug-likeness (QED) is 0.375. The van der Waals surface area contributed by atoms with Crippen LogP contribution in [0.3, 0.4) is 0 Å². The lowest BCUT2D eigenvalue weighted by Crippen LogP contribution is -2.28. The number of hydrogen-bond donors (Lipinski definition) is 1. The Morgan fingerprint density at radius 1 is 1.88 bits per heavy atom. The Labute approximate surface area is 45.0 Å². The van der Waals surface area contributed by atoms with Gasteiger partial charge in [-0.15, -0.1) is 0 Å².